The number of carbonyl (C=O) groups is 2. The first-order valence-electron chi connectivity index (χ1n) is 5.33. The van der Waals surface area contributed by atoms with Gasteiger partial charge in [-0.3, -0.25) is 9.59 Å². The Kier molecular flexibility index (Phi) is 4.31. The number of carbonyl (C=O) groups excluding carboxylic acids is 2. The molecule has 0 unspecified atom stereocenters. The minimum absolute atomic E-state index is 0.0994. The van der Waals surface area contributed by atoms with Gasteiger partial charge in [0.2, 0.25) is 0 Å². The second kappa shape index (κ2) is 5.79. The van der Waals surface area contributed by atoms with Gasteiger partial charge in [-0.25, -0.2) is 4.79 Å². The SMILES string of the molecule is O=C(CBr)c1ccc2oc(=O)cc(C(=O)CBr)c2c1. The molecule has 2 aromatic rings. The second-order valence-corrected chi connectivity index (χ2v) is 4.93. The van der Waals surface area contributed by atoms with Crippen molar-refractivity contribution in [1.29, 1.82) is 0 Å². The van der Waals surface area contributed by atoms with Crippen molar-refractivity contribution in [3.8, 4) is 0 Å². The van der Waals surface area contributed by atoms with Gasteiger partial charge in [-0.05, 0) is 18.2 Å². The molecule has 2 rings (SSSR count). The molecule has 98 valence electrons. The summed E-state index contributed by atoms with van der Waals surface area (Å²) in [7, 11) is 0. The van der Waals surface area contributed by atoms with E-state index in [1.807, 2.05) is 0 Å². The van der Waals surface area contributed by atoms with Gasteiger partial charge in [0, 0.05) is 22.6 Å². The standard InChI is InChI=1S/C13H8Br2O4/c14-5-10(16)7-1-2-12-9(3-7)8(11(17)6-15)4-13(18)19-12/h1-4H,5-6H2. The number of alkyl halides is 2. The van der Waals surface area contributed by atoms with Crippen LogP contribution in [0.1, 0.15) is 20.7 Å². The number of hydrogen-bond acceptors (Lipinski definition) is 4. The molecule has 0 amide bonds. The average Bonchev–Trinajstić information content (AvgIpc) is 2.44. The Hall–Kier alpha value is -1.27. The Labute approximate surface area is 125 Å². The molecule has 0 aliphatic rings. The van der Waals surface area contributed by atoms with Crippen molar-refractivity contribution in [1.82, 2.24) is 0 Å². The predicted molar refractivity (Wildman–Crippen MR) is 78.7 cm³/mol. The van der Waals surface area contributed by atoms with Gasteiger partial charge >= 0.3 is 5.63 Å². The van der Waals surface area contributed by atoms with Crippen LogP contribution >= 0.6 is 31.9 Å². The van der Waals surface area contributed by atoms with E-state index >= 15 is 0 Å². The van der Waals surface area contributed by atoms with Crippen LogP contribution in [0.15, 0.2) is 33.5 Å². The van der Waals surface area contributed by atoms with Crippen LogP contribution in [-0.4, -0.2) is 22.2 Å². The van der Waals surface area contributed by atoms with Gasteiger partial charge in [-0.15, -0.1) is 0 Å². The summed E-state index contributed by atoms with van der Waals surface area (Å²) < 4.78 is 5.02. The topological polar surface area (TPSA) is 64.3 Å². The van der Waals surface area contributed by atoms with E-state index in [0.29, 0.717) is 16.5 Å². The lowest BCUT2D eigenvalue weighted by molar-refractivity contribution is 0.101. The number of Topliss-reactive ketones (excluding diaryl/α,β-unsaturated/α-hetero) is 2. The molecule has 0 fully saturated rings. The molecule has 4 nitrogen and oxygen atoms in total. The van der Waals surface area contributed by atoms with Gasteiger partial charge in [0.15, 0.2) is 11.6 Å². The smallest absolute Gasteiger partial charge is 0.336 e. The van der Waals surface area contributed by atoms with E-state index in [2.05, 4.69) is 31.9 Å². The van der Waals surface area contributed by atoms with Crippen LogP contribution in [0.4, 0.5) is 0 Å². The number of ketones is 2. The van der Waals surface area contributed by atoms with Crippen molar-refractivity contribution in [3.63, 3.8) is 0 Å². The second-order valence-electron chi connectivity index (χ2n) is 3.80. The third-order valence-electron chi connectivity index (χ3n) is 2.61. The van der Waals surface area contributed by atoms with Crippen LogP contribution in [-0.2, 0) is 0 Å². The fourth-order valence-electron chi connectivity index (χ4n) is 1.72. The molecule has 6 heteroatoms. The molecule has 0 N–H and O–H groups in total. The van der Waals surface area contributed by atoms with Crippen molar-refractivity contribution in [2.45, 2.75) is 0 Å². The number of fused-ring (bicyclic) bond motifs is 1. The molecule has 0 bridgehead atoms. The molecule has 1 heterocycles. The summed E-state index contributed by atoms with van der Waals surface area (Å²) in [6.07, 6.45) is 0. The fraction of sp³-hybridized carbons (Fsp3) is 0.154. The summed E-state index contributed by atoms with van der Waals surface area (Å²) in [5.41, 5.74) is 0.425. The Morgan fingerprint density at radius 3 is 2.37 bits per heavy atom. The van der Waals surface area contributed by atoms with Crippen LogP contribution in [0, 0.1) is 0 Å². The Morgan fingerprint density at radius 2 is 1.74 bits per heavy atom. The van der Waals surface area contributed by atoms with E-state index in [1.54, 1.807) is 12.1 Å². The number of hydrogen-bond donors (Lipinski definition) is 0. The summed E-state index contributed by atoms with van der Waals surface area (Å²) in [5.74, 6) is -0.341. The van der Waals surface area contributed by atoms with Gasteiger partial charge in [0.1, 0.15) is 5.58 Å². The van der Waals surface area contributed by atoms with Crippen molar-refractivity contribution < 1.29 is 14.0 Å². The molecule has 1 aromatic heterocycles. The van der Waals surface area contributed by atoms with Crippen LogP contribution in [0.25, 0.3) is 11.0 Å². The third-order valence-corrected chi connectivity index (χ3v) is 3.63. The number of halogens is 2. The van der Waals surface area contributed by atoms with Crippen molar-refractivity contribution in [2.75, 3.05) is 10.7 Å². The zero-order valence-electron chi connectivity index (χ0n) is 9.61. The molecule has 0 saturated carbocycles. The monoisotopic (exact) mass is 386 g/mol. The first-order chi connectivity index (χ1) is 9.06. The van der Waals surface area contributed by atoms with E-state index in [-0.39, 0.29) is 27.8 Å². The summed E-state index contributed by atoms with van der Waals surface area (Å²) in [6, 6.07) is 5.81. The highest BCUT2D eigenvalue weighted by atomic mass is 79.9. The summed E-state index contributed by atoms with van der Waals surface area (Å²) >= 11 is 6.16. The molecule has 0 spiro atoms. The van der Waals surface area contributed by atoms with Crippen LogP contribution in [0.3, 0.4) is 0 Å². The molecule has 0 atom stereocenters. The van der Waals surface area contributed by atoms with Gasteiger partial charge < -0.3 is 4.42 Å². The zero-order chi connectivity index (χ0) is 14.0. The highest BCUT2D eigenvalue weighted by Crippen LogP contribution is 2.20. The van der Waals surface area contributed by atoms with Gasteiger partial charge in [0.05, 0.1) is 10.7 Å². The minimum atomic E-state index is -0.587. The number of rotatable bonds is 4. The zero-order valence-corrected chi connectivity index (χ0v) is 12.8. The fourth-order valence-corrected chi connectivity index (χ4v) is 2.34. The highest BCUT2D eigenvalue weighted by Gasteiger charge is 2.14. The normalized spacial score (nSPS) is 10.6. The summed E-state index contributed by atoms with van der Waals surface area (Å²) in [5, 5.41) is 0.759. The molecular formula is C13H8Br2O4. The van der Waals surface area contributed by atoms with E-state index < -0.39 is 5.63 Å². The van der Waals surface area contributed by atoms with Gasteiger partial charge in [-0.2, -0.15) is 0 Å². The largest absolute Gasteiger partial charge is 0.423 e. The Balaban J connectivity index is 2.75. The lowest BCUT2D eigenvalue weighted by Crippen LogP contribution is -2.08. The minimum Gasteiger partial charge on any atom is -0.423 e. The molecule has 19 heavy (non-hydrogen) atoms. The molecular weight excluding hydrogens is 380 g/mol. The maximum atomic E-state index is 11.8. The van der Waals surface area contributed by atoms with Crippen LogP contribution < -0.4 is 5.63 Å². The first-order valence-corrected chi connectivity index (χ1v) is 7.57. The van der Waals surface area contributed by atoms with Gasteiger partial charge in [0.25, 0.3) is 0 Å². The Bertz CT molecular complexity index is 718. The highest BCUT2D eigenvalue weighted by molar-refractivity contribution is 9.09. The molecule has 0 aliphatic heterocycles. The maximum Gasteiger partial charge on any atom is 0.336 e. The van der Waals surface area contributed by atoms with E-state index in [0.717, 1.165) is 6.07 Å². The molecule has 1 aromatic carbocycles. The molecule has 0 saturated heterocycles. The molecule has 0 radical (unpaired) electrons. The van der Waals surface area contributed by atoms with Crippen LogP contribution in [0.2, 0.25) is 0 Å². The van der Waals surface area contributed by atoms with E-state index in [9.17, 15) is 14.4 Å². The average molecular weight is 388 g/mol. The molecule has 0 aliphatic carbocycles. The van der Waals surface area contributed by atoms with E-state index in [4.69, 9.17) is 4.42 Å². The predicted octanol–water partition coefficient (Wildman–Crippen LogP) is 2.95. The van der Waals surface area contributed by atoms with Crippen LogP contribution in [0.5, 0.6) is 0 Å². The number of benzene rings is 1. The first kappa shape index (κ1) is 14.1. The van der Waals surface area contributed by atoms with Crippen molar-refractivity contribution in [2.24, 2.45) is 0 Å². The quantitative estimate of drug-likeness (QED) is 0.459. The lowest BCUT2D eigenvalue weighted by Gasteiger charge is -2.04. The summed E-state index contributed by atoms with van der Waals surface area (Å²) in [4.78, 5) is 34.8. The van der Waals surface area contributed by atoms with Crippen molar-refractivity contribution >= 4 is 54.4 Å². The summed E-state index contributed by atoms with van der Waals surface area (Å²) in [6.45, 7) is 0. The maximum absolute atomic E-state index is 11.8. The van der Waals surface area contributed by atoms with Gasteiger partial charge in [-0.1, -0.05) is 31.9 Å². The van der Waals surface area contributed by atoms with E-state index in [1.165, 1.54) is 6.07 Å². The van der Waals surface area contributed by atoms with Crippen molar-refractivity contribution in [3.05, 3.63) is 45.8 Å². The third kappa shape index (κ3) is 2.84. The lowest BCUT2D eigenvalue weighted by atomic mass is 10.0. The Morgan fingerprint density at radius 1 is 1.05 bits per heavy atom.